The molecule has 3 atom stereocenters. The van der Waals surface area contributed by atoms with Gasteiger partial charge in [0.2, 0.25) is 5.91 Å². The van der Waals surface area contributed by atoms with Crippen LogP contribution in [0.15, 0.2) is 30.3 Å². The largest absolute Gasteiger partial charge is 0.469 e. The van der Waals surface area contributed by atoms with Gasteiger partial charge in [0.25, 0.3) is 0 Å². The number of carbonyl (C=O) groups is 2. The summed E-state index contributed by atoms with van der Waals surface area (Å²) >= 11 is 0. The Morgan fingerprint density at radius 2 is 2.00 bits per heavy atom. The molecule has 106 valence electrons. The van der Waals surface area contributed by atoms with E-state index in [0.29, 0.717) is 19.0 Å². The van der Waals surface area contributed by atoms with Gasteiger partial charge in [0.15, 0.2) is 0 Å². The molecule has 2 aliphatic rings. The lowest BCUT2D eigenvalue weighted by Gasteiger charge is -2.16. The molecule has 4 nitrogen and oxygen atoms in total. The molecule has 1 aliphatic carbocycles. The van der Waals surface area contributed by atoms with Crippen LogP contribution in [0.25, 0.3) is 0 Å². The summed E-state index contributed by atoms with van der Waals surface area (Å²) < 4.78 is 4.75. The molecule has 1 aromatic rings. The average Bonchev–Trinajstić information content (AvgIpc) is 3.15. The third-order valence-electron chi connectivity index (χ3n) is 4.37. The molecule has 1 aliphatic heterocycles. The fraction of sp³-hybridized carbons (Fsp3) is 0.500. The second-order valence-electron chi connectivity index (χ2n) is 5.65. The molecule has 1 saturated carbocycles. The van der Waals surface area contributed by atoms with Gasteiger partial charge in [0.05, 0.1) is 13.0 Å². The van der Waals surface area contributed by atoms with Crippen LogP contribution in [-0.2, 0) is 14.3 Å². The van der Waals surface area contributed by atoms with Crippen LogP contribution < -0.4 is 0 Å². The number of nitrogens with zero attached hydrogens (tertiary/aromatic N) is 1. The summed E-state index contributed by atoms with van der Waals surface area (Å²) in [4.78, 5) is 25.7. The zero-order chi connectivity index (χ0) is 14.1. The zero-order valence-electron chi connectivity index (χ0n) is 11.6. The molecule has 0 spiro atoms. The van der Waals surface area contributed by atoms with Crippen molar-refractivity contribution in [1.82, 2.24) is 4.90 Å². The van der Waals surface area contributed by atoms with E-state index in [1.165, 1.54) is 12.7 Å². The van der Waals surface area contributed by atoms with Crippen molar-refractivity contribution in [3.05, 3.63) is 35.9 Å². The summed E-state index contributed by atoms with van der Waals surface area (Å²) in [6, 6.07) is 10.2. The Bertz CT molecular complexity index is 514. The summed E-state index contributed by atoms with van der Waals surface area (Å²) in [5.41, 5.74) is 1.24. The van der Waals surface area contributed by atoms with Crippen LogP contribution in [0.3, 0.4) is 0 Å². The van der Waals surface area contributed by atoms with Crippen LogP contribution in [0, 0.1) is 11.8 Å². The highest BCUT2D eigenvalue weighted by molar-refractivity contribution is 5.84. The van der Waals surface area contributed by atoms with Crippen molar-refractivity contribution >= 4 is 11.9 Å². The van der Waals surface area contributed by atoms with Gasteiger partial charge >= 0.3 is 5.97 Å². The van der Waals surface area contributed by atoms with Crippen molar-refractivity contribution in [2.75, 3.05) is 20.2 Å². The summed E-state index contributed by atoms with van der Waals surface area (Å²) in [7, 11) is 1.40. The molecule has 3 rings (SSSR count). The first-order chi connectivity index (χ1) is 9.70. The predicted octanol–water partition coefficient (Wildman–Crippen LogP) is 1.81. The molecule has 20 heavy (non-hydrogen) atoms. The van der Waals surface area contributed by atoms with Gasteiger partial charge in [-0.2, -0.15) is 0 Å². The minimum absolute atomic E-state index is 0.105. The molecular formula is C16H19NO3. The second kappa shape index (κ2) is 5.27. The number of carbonyl (C=O) groups excluding carboxylic acids is 2. The maximum absolute atomic E-state index is 12.4. The topological polar surface area (TPSA) is 46.6 Å². The Hall–Kier alpha value is -1.84. The minimum Gasteiger partial charge on any atom is -0.469 e. The highest BCUT2D eigenvalue weighted by atomic mass is 16.5. The molecule has 2 fully saturated rings. The van der Waals surface area contributed by atoms with Gasteiger partial charge in [-0.3, -0.25) is 9.59 Å². The molecule has 3 unspecified atom stereocenters. The number of likely N-dealkylation sites (tertiary alicyclic amines) is 1. The number of ether oxygens (including phenoxy) is 1. The Balaban J connectivity index is 1.58. The Labute approximate surface area is 118 Å². The molecule has 1 heterocycles. The molecule has 1 amide bonds. The molecule has 0 bridgehead atoms. The lowest BCUT2D eigenvalue weighted by atomic mass is 10.1. The van der Waals surface area contributed by atoms with E-state index in [1.807, 2.05) is 23.1 Å². The van der Waals surface area contributed by atoms with Crippen molar-refractivity contribution in [3.8, 4) is 0 Å². The fourth-order valence-corrected chi connectivity index (χ4v) is 3.09. The van der Waals surface area contributed by atoms with Gasteiger partial charge < -0.3 is 9.64 Å². The number of methoxy groups -OCH3 is 1. The molecule has 0 radical (unpaired) electrons. The average molecular weight is 273 g/mol. The van der Waals surface area contributed by atoms with E-state index in [4.69, 9.17) is 4.74 Å². The lowest BCUT2D eigenvalue weighted by molar-refractivity contribution is -0.145. The first kappa shape index (κ1) is 13.2. The molecule has 4 heteroatoms. The van der Waals surface area contributed by atoms with E-state index in [9.17, 15) is 9.59 Å². The summed E-state index contributed by atoms with van der Waals surface area (Å²) in [6.07, 6.45) is 1.66. The SMILES string of the molecule is COC(=O)C1CCN(C(=O)C2CC2c2ccccc2)C1. The van der Waals surface area contributed by atoms with Crippen LogP contribution in [0.2, 0.25) is 0 Å². The van der Waals surface area contributed by atoms with Crippen LogP contribution in [0.4, 0.5) is 0 Å². The Kier molecular flexibility index (Phi) is 3.47. The Morgan fingerprint density at radius 3 is 2.70 bits per heavy atom. The third-order valence-corrected chi connectivity index (χ3v) is 4.37. The standard InChI is InChI=1S/C16H19NO3/c1-20-16(19)12-7-8-17(10-12)15(18)14-9-13(14)11-5-3-2-4-6-11/h2-6,12-14H,7-10H2,1H3. The van der Waals surface area contributed by atoms with Gasteiger partial charge in [0, 0.05) is 19.0 Å². The van der Waals surface area contributed by atoms with Crippen molar-refractivity contribution < 1.29 is 14.3 Å². The zero-order valence-corrected chi connectivity index (χ0v) is 11.6. The van der Waals surface area contributed by atoms with Crippen LogP contribution >= 0.6 is 0 Å². The fourth-order valence-electron chi connectivity index (χ4n) is 3.09. The molecule has 0 aromatic heterocycles. The van der Waals surface area contributed by atoms with E-state index in [1.54, 1.807) is 0 Å². The second-order valence-corrected chi connectivity index (χ2v) is 5.65. The number of hydrogen-bond donors (Lipinski definition) is 0. The first-order valence-electron chi connectivity index (χ1n) is 7.12. The molecular weight excluding hydrogens is 254 g/mol. The molecule has 0 N–H and O–H groups in total. The van der Waals surface area contributed by atoms with Gasteiger partial charge in [-0.15, -0.1) is 0 Å². The van der Waals surface area contributed by atoms with Crippen LogP contribution in [0.5, 0.6) is 0 Å². The summed E-state index contributed by atoms with van der Waals surface area (Å²) in [5, 5.41) is 0. The van der Waals surface area contributed by atoms with Crippen LogP contribution in [-0.4, -0.2) is 37.0 Å². The van der Waals surface area contributed by atoms with Crippen molar-refractivity contribution in [2.24, 2.45) is 11.8 Å². The van der Waals surface area contributed by atoms with E-state index in [2.05, 4.69) is 12.1 Å². The maximum Gasteiger partial charge on any atom is 0.310 e. The van der Waals surface area contributed by atoms with Gasteiger partial charge in [-0.25, -0.2) is 0 Å². The van der Waals surface area contributed by atoms with E-state index < -0.39 is 0 Å². The maximum atomic E-state index is 12.4. The smallest absolute Gasteiger partial charge is 0.310 e. The van der Waals surface area contributed by atoms with Gasteiger partial charge in [0.1, 0.15) is 0 Å². The number of hydrogen-bond acceptors (Lipinski definition) is 3. The quantitative estimate of drug-likeness (QED) is 0.789. The highest BCUT2D eigenvalue weighted by Gasteiger charge is 2.47. The monoisotopic (exact) mass is 273 g/mol. The summed E-state index contributed by atoms with van der Waals surface area (Å²) in [6.45, 7) is 1.19. The molecule has 1 aromatic carbocycles. The number of amides is 1. The Morgan fingerprint density at radius 1 is 1.25 bits per heavy atom. The lowest BCUT2D eigenvalue weighted by Crippen LogP contribution is -2.31. The van der Waals surface area contributed by atoms with Crippen molar-refractivity contribution in [3.63, 3.8) is 0 Å². The van der Waals surface area contributed by atoms with Crippen molar-refractivity contribution in [1.29, 1.82) is 0 Å². The number of esters is 1. The number of rotatable bonds is 3. The first-order valence-corrected chi connectivity index (χ1v) is 7.12. The van der Waals surface area contributed by atoms with E-state index >= 15 is 0 Å². The van der Waals surface area contributed by atoms with Gasteiger partial charge in [-0.1, -0.05) is 30.3 Å². The molecule has 1 saturated heterocycles. The van der Waals surface area contributed by atoms with E-state index in [-0.39, 0.29) is 23.7 Å². The van der Waals surface area contributed by atoms with E-state index in [0.717, 1.165) is 12.8 Å². The highest BCUT2D eigenvalue weighted by Crippen LogP contribution is 2.48. The normalized spacial score (nSPS) is 28.2. The number of benzene rings is 1. The van der Waals surface area contributed by atoms with Gasteiger partial charge in [-0.05, 0) is 24.3 Å². The minimum atomic E-state index is -0.198. The van der Waals surface area contributed by atoms with Crippen LogP contribution in [0.1, 0.15) is 24.3 Å². The summed E-state index contributed by atoms with van der Waals surface area (Å²) in [5.74, 6) is 0.327. The van der Waals surface area contributed by atoms with Crippen molar-refractivity contribution in [2.45, 2.75) is 18.8 Å². The predicted molar refractivity (Wildman–Crippen MR) is 74.0 cm³/mol. The third kappa shape index (κ3) is 2.42.